The Hall–Kier alpha value is -2.13. The molecule has 86 valence electrons. The van der Waals surface area contributed by atoms with Crippen molar-refractivity contribution in [2.75, 3.05) is 5.32 Å². The third-order valence-electron chi connectivity index (χ3n) is 2.12. The largest absolute Gasteiger partial charge is 0.308 e. The third-order valence-corrected chi connectivity index (χ3v) is 3.00. The van der Waals surface area contributed by atoms with Crippen molar-refractivity contribution < 1.29 is 4.79 Å². The Labute approximate surface area is 102 Å². The van der Waals surface area contributed by atoms with Crippen LogP contribution in [0.4, 0.5) is 5.82 Å². The molecule has 17 heavy (non-hydrogen) atoms. The number of rotatable bonds is 3. The molecule has 0 aliphatic heterocycles. The van der Waals surface area contributed by atoms with Gasteiger partial charge in [-0.3, -0.25) is 9.48 Å². The van der Waals surface area contributed by atoms with Gasteiger partial charge in [0.25, 0.3) is 0 Å². The number of hydrogen-bond donors (Lipinski definition) is 1. The van der Waals surface area contributed by atoms with Gasteiger partial charge in [0, 0.05) is 18.1 Å². The quantitative estimate of drug-likeness (QED) is 0.892. The first-order chi connectivity index (χ1) is 8.19. The van der Waals surface area contributed by atoms with Gasteiger partial charge in [-0.25, -0.2) is 0 Å². The molecule has 1 N–H and O–H groups in total. The molecule has 0 saturated heterocycles. The predicted molar refractivity (Wildman–Crippen MR) is 64.6 cm³/mol. The lowest BCUT2D eigenvalue weighted by atomic mass is 10.3. The van der Waals surface area contributed by atoms with Crippen molar-refractivity contribution in [3.8, 4) is 6.07 Å². The number of amides is 1. The summed E-state index contributed by atoms with van der Waals surface area (Å²) in [5.74, 6) is 0.152. The van der Waals surface area contributed by atoms with E-state index in [-0.39, 0.29) is 5.91 Å². The second kappa shape index (κ2) is 4.80. The molecule has 5 nitrogen and oxygen atoms in total. The van der Waals surface area contributed by atoms with Crippen LogP contribution in [-0.4, -0.2) is 15.7 Å². The van der Waals surface area contributed by atoms with Crippen LogP contribution in [0.15, 0.2) is 23.7 Å². The smallest absolute Gasteiger partial charge is 0.230 e. The van der Waals surface area contributed by atoms with E-state index in [1.165, 1.54) is 16.0 Å². The highest BCUT2D eigenvalue weighted by Crippen LogP contribution is 2.13. The molecule has 0 spiro atoms. The van der Waals surface area contributed by atoms with Gasteiger partial charge in [-0.1, -0.05) is 6.07 Å². The van der Waals surface area contributed by atoms with Crippen molar-refractivity contribution in [1.29, 1.82) is 5.26 Å². The average molecular weight is 246 g/mol. The van der Waals surface area contributed by atoms with Crippen LogP contribution in [0.3, 0.4) is 0 Å². The number of hydrogen-bond acceptors (Lipinski definition) is 4. The molecule has 0 aliphatic rings. The zero-order valence-electron chi connectivity index (χ0n) is 9.17. The molecule has 0 unspecified atom stereocenters. The highest BCUT2D eigenvalue weighted by molar-refractivity contribution is 7.10. The van der Waals surface area contributed by atoms with Crippen molar-refractivity contribution in [2.45, 2.75) is 6.42 Å². The number of carbonyl (C=O) groups excluding carboxylic acids is 1. The number of aryl methyl sites for hydroxylation is 1. The van der Waals surface area contributed by atoms with Gasteiger partial charge in [-0.15, -0.1) is 11.3 Å². The first kappa shape index (κ1) is 11.4. The predicted octanol–water partition coefficient (Wildman–Crippen LogP) is 1.53. The van der Waals surface area contributed by atoms with Crippen LogP contribution < -0.4 is 5.32 Å². The molecular weight excluding hydrogens is 236 g/mol. The van der Waals surface area contributed by atoms with Gasteiger partial charge in [-0.2, -0.15) is 10.4 Å². The molecule has 2 aromatic rings. The highest BCUT2D eigenvalue weighted by Gasteiger charge is 2.11. The maximum atomic E-state index is 11.7. The first-order valence-corrected chi connectivity index (χ1v) is 5.83. The van der Waals surface area contributed by atoms with Gasteiger partial charge in [-0.05, 0) is 11.4 Å². The van der Waals surface area contributed by atoms with Crippen molar-refractivity contribution >= 4 is 23.1 Å². The van der Waals surface area contributed by atoms with E-state index in [4.69, 9.17) is 5.26 Å². The number of thiophene rings is 1. The van der Waals surface area contributed by atoms with Crippen LogP contribution in [0, 0.1) is 11.3 Å². The van der Waals surface area contributed by atoms with Crippen LogP contribution in [0.25, 0.3) is 0 Å². The monoisotopic (exact) mass is 246 g/mol. The summed E-state index contributed by atoms with van der Waals surface area (Å²) in [6.45, 7) is 0. The minimum absolute atomic E-state index is 0.164. The van der Waals surface area contributed by atoms with Gasteiger partial charge in [0.2, 0.25) is 5.91 Å². The molecule has 0 aliphatic carbocycles. The standard InChI is InChI=1S/C11H10N4OS/c1-15-7-8(6-12)11(14-15)13-10(16)5-9-3-2-4-17-9/h2-4,7H,5H2,1H3,(H,13,14,16). The number of aromatic nitrogens is 2. The summed E-state index contributed by atoms with van der Waals surface area (Å²) in [6.07, 6.45) is 1.87. The second-order valence-corrected chi connectivity index (χ2v) is 4.51. The van der Waals surface area contributed by atoms with E-state index in [0.717, 1.165) is 4.88 Å². The molecular formula is C11H10N4OS. The van der Waals surface area contributed by atoms with Gasteiger partial charge in [0.1, 0.15) is 11.6 Å². The van der Waals surface area contributed by atoms with Gasteiger partial charge < -0.3 is 5.32 Å². The van der Waals surface area contributed by atoms with E-state index in [1.54, 1.807) is 13.2 Å². The summed E-state index contributed by atoms with van der Waals surface area (Å²) in [5.41, 5.74) is 0.368. The summed E-state index contributed by atoms with van der Waals surface area (Å²) in [7, 11) is 1.70. The van der Waals surface area contributed by atoms with Gasteiger partial charge in [0.15, 0.2) is 5.82 Å². The van der Waals surface area contributed by atoms with E-state index >= 15 is 0 Å². The second-order valence-electron chi connectivity index (χ2n) is 3.48. The third kappa shape index (κ3) is 2.71. The van der Waals surface area contributed by atoms with Crippen LogP contribution in [-0.2, 0) is 18.3 Å². The summed E-state index contributed by atoms with van der Waals surface area (Å²) in [4.78, 5) is 12.7. The Kier molecular flexibility index (Phi) is 3.21. The average Bonchev–Trinajstić information content (AvgIpc) is 2.88. The SMILES string of the molecule is Cn1cc(C#N)c(NC(=O)Cc2cccs2)n1. The van der Waals surface area contributed by atoms with Crippen molar-refractivity contribution in [3.63, 3.8) is 0 Å². The lowest BCUT2D eigenvalue weighted by Gasteiger charge is -2.00. The summed E-state index contributed by atoms with van der Waals surface area (Å²) < 4.78 is 1.50. The zero-order valence-corrected chi connectivity index (χ0v) is 9.99. The van der Waals surface area contributed by atoms with Crippen molar-refractivity contribution in [2.24, 2.45) is 7.05 Å². The van der Waals surface area contributed by atoms with Crippen molar-refractivity contribution in [3.05, 3.63) is 34.2 Å². The zero-order chi connectivity index (χ0) is 12.3. The number of anilines is 1. The van der Waals surface area contributed by atoms with E-state index in [1.807, 2.05) is 23.6 Å². The molecule has 0 atom stereocenters. The summed E-state index contributed by atoms with van der Waals surface area (Å²) in [5, 5.41) is 17.4. The number of carbonyl (C=O) groups is 1. The van der Waals surface area contributed by atoms with Crippen LogP contribution in [0.2, 0.25) is 0 Å². The minimum Gasteiger partial charge on any atom is -0.308 e. The molecule has 0 bridgehead atoms. The number of nitrogens with zero attached hydrogens (tertiary/aromatic N) is 3. The minimum atomic E-state index is -0.164. The molecule has 0 fully saturated rings. The fraction of sp³-hybridized carbons (Fsp3) is 0.182. The fourth-order valence-corrected chi connectivity index (χ4v) is 2.11. The van der Waals surface area contributed by atoms with E-state index < -0.39 is 0 Å². The number of nitrogens with one attached hydrogen (secondary N) is 1. The summed E-state index contributed by atoms with van der Waals surface area (Å²) >= 11 is 1.53. The first-order valence-electron chi connectivity index (χ1n) is 4.95. The Balaban J connectivity index is 2.06. The van der Waals surface area contributed by atoms with E-state index in [9.17, 15) is 4.79 Å². The van der Waals surface area contributed by atoms with Gasteiger partial charge >= 0.3 is 0 Å². The molecule has 2 aromatic heterocycles. The molecule has 2 rings (SSSR count). The Morgan fingerprint density at radius 1 is 1.71 bits per heavy atom. The Morgan fingerprint density at radius 2 is 2.53 bits per heavy atom. The molecule has 0 radical (unpaired) electrons. The fourth-order valence-electron chi connectivity index (χ4n) is 1.41. The van der Waals surface area contributed by atoms with E-state index in [0.29, 0.717) is 17.8 Å². The molecule has 2 heterocycles. The normalized spacial score (nSPS) is 9.88. The van der Waals surface area contributed by atoms with Gasteiger partial charge in [0.05, 0.1) is 6.42 Å². The topological polar surface area (TPSA) is 70.7 Å². The molecule has 0 saturated carbocycles. The van der Waals surface area contributed by atoms with Crippen LogP contribution in [0.1, 0.15) is 10.4 Å². The van der Waals surface area contributed by atoms with Crippen molar-refractivity contribution in [1.82, 2.24) is 9.78 Å². The van der Waals surface area contributed by atoms with Crippen LogP contribution >= 0.6 is 11.3 Å². The highest BCUT2D eigenvalue weighted by atomic mass is 32.1. The lowest BCUT2D eigenvalue weighted by Crippen LogP contribution is -2.15. The Bertz CT molecular complexity index is 565. The van der Waals surface area contributed by atoms with Crippen LogP contribution in [0.5, 0.6) is 0 Å². The Morgan fingerprint density at radius 3 is 3.18 bits per heavy atom. The maximum Gasteiger partial charge on any atom is 0.230 e. The number of nitriles is 1. The maximum absolute atomic E-state index is 11.7. The molecule has 0 aromatic carbocycles. The molecule has 6 heteroatoms. The lowest BCUT2D eigenvalue weighted by molar-refractivity contribution is -0.115. The van der Waals surface area contributed by atoms with E-state index in [2.05, 4.69) is 10.4 Å². The summed E-state index contributed by atoms with van der Waals surface area (Å²) in [6, 6.07) is 5.78. The molecule has 1 amide bonds.